The molecule has 25 nitrogen and oxygen atoms in total. The third kappa shape index (κ3) is 25.9. The maximum absolute atomic E-state index is 14.7. The van der Waals surface area contributed by atoms with E-state index < -0.39 is 168 Å². The molecule has 0 spiro atoms. The van der Waals surface area contributed by atoms with Crippen molar-refractivity contribution in [3.05, 3.63) is 216 Å². The molecular weight excluding hydrogens is 1710 g/mol. The summed E-state index contributed by atoms with van der Waals surface area (Å²) >= 11 is 37.2. The Kier molecular flexibility index (Phi) is 35.2. The Morgan fingerprint density at radius 2 is 0.764 bits per heavy atom. The van der Waals surface area contributed by atoms with Gasteiger partial charge in [-0.25, -0.2) is 19.2 Å². The molecular formula is C92H112Cl6N2O23. The molecule has 0 bridgehead atoms. The average molecular weight is 1830 g/mol. The minimum absolute atomic E-state index is 0.0210. The van der Waals surface area contributed by atoms with Crippen molar-refractivity contribution in [2.24, 2.45) is 41.4 Å². The van der Waals surface area contributed by atoms with Crippen LogP contribution in [0, 0.1) is 41.4 Å². The van der Waals surface area contributed by atoms with Crippen molar-refractivity contribution < 1.29 is 109 Å². The fraction of sp³-hybridized carbons (Fsp3) is 0.543. The molecule has 2 amide bonds. The predicted octanol–water partition coefficient (Wildman–Crippen LogP) is 18.3. The topological polar surface area (TPSA) is 268 Å². The normalized spacial score (nSPS) is 30.8. The SMILES string of the molecule is C=CCOC(=O)OC1[C@@H](OCC2O[C@@H](O[C@@H]3C(COCc4ccccc4)O[C@@H](O[C@@H]4C(COCc5ccccc5)O[C@@H](OCc5ccccc5)C(NC(=O)OCC(Cl)(Cl)Cl)[C@H]4C)C(NC(=O)OCC(Cl)(Cl)Cl)[C@H]3C)C(OCc3ccccc3)[C@@H](O[C@H]3OC(CC)[C@@H](C)[C@H](C)C3OC(=O)OCC3c4ccccc4-c4ccccc43)[C@@H]2C)OC(CC)[C@@H](C)[C@@H]1C. The van der Waals surface area contributed by atoms with Crippen LogP contribution >= 0.6 is 69.6 Å². The molecule has 5 aliphatic heterocycles. The summed E-state index contributed by atoms with van der Waals surface area (Å²) < 4.78 is 124. The monoisotopic (exact) mass is 1820 g/mol. The number of halogens is 6. The maximum Gasteiger partial charge on any atom is 0.509 e. The van der Waals surface area contributed by atoms with Crippen molar-refractivity contribution in [1.82, 2.24) is 10.6 Å². The summed E-state index contributed by atoms with van der Waals surface area (Å²) in [6.45, 7) is 19.5. The van der Waals surface area contributed by atoms with Gasteiger partial charge in [-0.3, -0.25) is 0 Å². The first-order valence-corrected chi connectivity index (χ1v) is 44.3. The highest BCUT2D eigenvalue weighted by atomic mass is 35.6. The molecule has 0 radical (unpaired) electrons. The van der Waals surface area contributed by atoms with Gasteiger partial charge in [0.15, 0.2) is 43.7 Å². The van der Waals surface area contributed by atoms with Crippen molar-refractivity contribution in [3.8, 4) is 11.1 Å². The molecule has 25 atom stereocenters. The lowest BCUT2D eigenvalue weighted by Crippen LogP contribution is -2.67. The maximum atomic E-state index is 14.7. The van der Waals surface area contributed by atoms with Gasteiger partial charge in [0.05, 0.1) is 95.0 Å². The third-order valence-corrected chi connectivity index (χ3v) is 24.6. The highest BCUT2D eigenvalue weighted by molar-refractivity contribution is 6.68. The summed E-state index contributed by atoms with van der Waals surface area (Å²) in [4.78, 5) is 57.0. The van der Waals surface area contributed by atoms with Crippen molar-refractivity contribution in [1.29, 1.82) is 0 Å². The molecule has 31 heteroatoms. The number of hydrogen-bond donors (Lipinski definition) is 2. The third-order valence-electron chi connectivity index (χ3n) is 24.0. The van der Waals surface area contributed by atoms with Crippen LogP contribution < -0.4 is 10.6 Å². The number of alkyl carbamates (subject to hydrolysis) is 2. The Bertz CT molecular complexity index is 4250. The smallest absolute Gasteiger partial charge is 0.445 e. The molecule has 5 heterocycles. The van der Waals surface area contributed by atoms with Gasteiger partial charge in [0, 0.05) is 35.5 Å². The molecule has 6 aromatic rings. The zero-order chi connectivity index (χ0) is 87.5. The van der Waals surface area contributed by atoms with Gasteiger partial charge in [-0.15, -0.1) is 0 Å². The summed E-state index contributed by atoms with van der Waals surface area (Å²) in [6.07, 6.45) is -18.8. The number of rotatable bonds is 35. The van der Waals surface area contributed by atoms with Crippen LogP contribution in [0.2, 0.25) is 0 Å². The number of carbonyl (C=O) groups is 4. The number of amides is 2. The van der Waals surface area contributed by atoms with Crippen LogP contribution in [0.25, 0.3) is 11.1 Å². The van der Waals surface area contributed by atoms with E-state index in [1.54, 1.807) is 0 Å². The fourth-order valence-electron chi connectivity index (χ4n) is 16.9. The molecule has 1 aliphatic carbocycles. The van der Waals surface area contributed by atoms with E-state index in [2.05, 4.69) is 36.3 Å². The van der Waals surface area contributed by atoms with Crippen LogP contribution in [0.1, 0.15) is 114 Å². The van der Waals surface area contributed by atoms with E-state index in [-0.39, 0.29) is 95.2 Å². The summed E-state index contributed by atoms with van der Waals surface area (Å²) in [5, 5.41) is 5.90. The second kappa shape index (κ2) is 45.4. The van der Waals surface area contributed by atoms with E-state index in [4.69, 9.17) is 160 Å². The number of nitrogens with one attached hydrogen (secondary N) is 2. The van der Waals surface area contributed by atoms with Crippen LogP contribution in [0.3, 0.4) is 0 Å². The number of alkyl halides is 6. The molecule has 6 aliphatic rings. The van der Waals surface area contributed by atoms with E-state index in [0.29, 0.717) is 12.8 Å². The van der Waals surface area contributed by atoms with Gasteiger partial charge in [-0.1, -0.05) is 314 Å². The van der Waals surface area contributed by atoms with Crippen molar-refractivity contribution >= 4 is 94.1 Å². The van der Waals surface area contributed by atoms with Crippen LogP contribution in [0.4, 0.5) is 19.2 Å². The zero-order valence-corrected chi connectivity index (χ0v) is 74.8. The van der Waals surface area contributed by atoms with Crippen LogP contribution in [-0.2, 0) is 116 Å². The standard InChI is InChI=1S/C92H112Cl6N2O23/c1-11-42-107-89(103)122-79-55(6)53(4)69(12-2)114-84(79)110-50-71-57(8)78(121-85-80(56(7)54(5)70(13-3)115-85)123-90(104)111-47-68-66-40-28-26-38-64(66)65-39-27-29-41-67(65)68)81(108-45-62-34-22-16-23-35-62)86(116-71)120-77-59(10)75(100-88(102)113-52-92(96,97)98)83(118-73(77)49-106-44-61-32-20-15-21-33-61)119-76-58(9)74(99-87(101)112-51-91(93,94)95)82(109-46-63-36-24-17-25-37-63)117-72(76)48-105-43-60-30-18-14-19-31-60/h11,14-41,53-59,68-86H,1,12-13,42-52H2,2-10H3,(H,99,101)(H,100,102)/t53-,54-,55-,56-,57+,58+,59+,69?,70?,71?,72?,73?,74?,75?,76-,77-,78-,79?,80?,81?,82+,83-,84-,85+,86-/m0/s1. The molecule has 0 aromatic heterocycles. The van der Waals surface area contributed by atoms with E-state index in [1.165, 1.54) is 6.08 Å². The molecule has 12 rings (SSSR count). The molecule has 123 heavy (non-hydrogen) atoms. The minimum atomic E-state index is -2.06. The number of benzene rings is 6. The van der Waals surface area contributed by atoms with Gasteiger partial charge in [-0.2, -0.15) is 0 Å². The number of fused-ring (bicyclic) bond motifs is 3. The largest absolute Gasteiger partial charge is 0.509 e. The lowest BCUT2D eigenvalue weighted by Gasteiger charge is -2.52. The van der Waals surface area contributed by atoms with Gasteiger partial charge >= 0.3 is 24.5 Å². The molecule has 5 saturated heterocycles. The van der Waals surface area contributed by atoms with Crippen molar-refractivity contribution in [2.75, 3.05) is 46.2 Å². The number of hydrogen-bond acceptors (Lipinski definition) is 23. The minimum Gasteiger partial charge on any atom is -0.445 e. The summed E-state index contributed by atoms with van der Waals surface area (Å²) in [6, 6.07) is 51.6. The molecule has 0 saturated carbocycles. The van der Waals surface area contributed by atoms with Gasteiger partial charge < -0.3 is 101 Å². The lowest BCUT2D eigenvalue weighted by molar-refractivity contribution is -0.376. The van der Waals surface area contributed by atoms with Crippen LogP contribution in [-0.4, -0.2) is 189 Å². The van der Waals surface area contributed by atoms with Crippen LogP contribution in [0.15, 0.2) is 183 Å². The van der Waals surface area contributed by atoms with Crippen LogP contribution in [0.5, 0.6) is 0 Å². The van der Waals surface area contributed by atoms with E-state index in [1.807, 2.05) is 213 Å². The van der Waals surface area contributed by atoms with Gasteiger partial charge in [0.2, 0.25) is 7.59 Å². The summed E-state index contributed by atoms with van der Waals surface area (Å²) in [7, 11) is 0. The Morgan fingerprint density at radius 1 is 0.374 bits per heavy atom. The Labute approximate surface area is 749 Å². The first kappa shape index (κ1) is 95.5. The highest BCUT2D eigenvalue weighted by Crippen LogP contribution is 2.47. The first-order valence-electron chi connectivity index (χ1n) is 42.0. The second-order valence-electron chi connectivity index (χ2n) is 32.3. The van der Waals surface area contributed by atoms with E-state index in [0.717, 1.165) is 44.5 Å². The summed E-state index contributed by atoms with van der Waals surface area (Å²) in [5.41, 5.74) is 7.40. The Morgan fingerprint density at radius 3 is 1.24 bits per heavy atom. The number of carbonyl (C=O) groups excluding carboxylic acids is 4. The van der Waals surface area contributed by atoms with Crippen molar-refractivity contribution in [3.63, 3.8) is 0 Å². The zero-order valence-electron chi connectivity index (χ0n) is 70.3. The van der Waals surface area contributed by atoms with E-state index in [9.17, 15) is 19.2 Å². The quantitative estimate of drug-likeness (QED) is 0.0162. The van der Waals surface area contributed by atoms with Gasteiger partial charge in [0.1, 0.15) is 44.7 Å². The first-order chi connectivity index (χ1) is 59.1. The fourth-order valence-corrected chi connectivity index (χ4v) is 17.2. The van der Waals surface area contributed by atoms with Gasteiger partial charge in [0.25, 0.3) is 0 Å². The molecule has 670 valence electrons. The Hall–Kier alpha value is -6.64. The Balaban J connectivity index is 0.939. The molecule has 10 unspecified atom stereocenters. The lowest BCUT2D eigenvalue weighted by atomic mass is 9.82. The number of ether oxygens (including phenoxy) is 19. The second-order valence-corrected chi connectivity index (χ2v) is 37.3. The molecule has 2 N–H and O–H groups in total. The average Bonchev–Trinajstić information content (AvgIpc) is 1.74. The summed E-state index contributed by atoms with van der Waals surface area (Å²) in [5.74, 6) is -3.76. The van der Waals surface area contributed by atoms with Crippen molar-refractivity contribution in [2.45, 2.75) is 226 Å². The molecule has 5 fully saturated rings. The highest BCUT2D eigenvalue weighted by Gasteiger charge is 2.57. The predicted molar refractivity (Wildman–Crippen MR) is 461 cm³/mol. The molecule has 6 aromatic carbocycles. The van der Waals surface area contributed by atoms with E-state index >= 15 is 0 Å². The van der Waals surface area contributed by atoms with Gasteiger partial charge in [-0.05, 0) is 69.2 Å².